The van der Waals surface area contributed by atoms with E-state index in [0.717, 1.165) is 5.75 Å². The van der Waals surface area contributed by atoms with E-state index in [0.29, 0.717) is 8.58 Å². The summed E-state index contributed by atoms with van der Waals surface area (Å²) in [7, 11) is 6.36. The van der Waals surface area contributed by atoms with Gasteiger partial charge in [-0.2, -0.15) is 0 Å². The van der Waals surface area contributed by atoms with Crippen LogP contribution in [-0.2, 0) is 4.74 Å². The lowest BCUT2D eigenvalue weighted by Gasteiger charge is -2.19. The minimum atomic E-state index is 0.273. The maximum atomic E-state index is 5.71. The number of methoxy groups -OCH3 is 1. The summed E-state index contributed by atoms with van der Waals surface area (Å²) in [6.45, 7) is 4.50. The van der Waals surface area contributed by atoms with E-state index in [4.69, 9.17) is 9.47 Å². The predicted octanol–water partition coefficient (Wildman–Crippen LogP) is 2.98. The first-order valence-corrected chi connectivity index (χ1v) is 8.28. The van der Waals surface area contributed by atoms with Crippen molar-refractivity contribution in [1.82, 2.24) is 0 Å². The number of rotatable bonds is 6. The maximum absolute atomic E-state index is 5.71. The van der Waals surface area contributed by atoms with Crippen LogP contribution in [0, 0.1) is 13.8 Å². The van der Waals surface area contributed by atoms with E-state index < -0.39 is 0 Å². The zero-order chi connectivity index (χ0) is 16.1. The summed E-state index contributed by atoms with van der Waals surface area (Å²) in [5, 5.41) is 2.53. The molecule has 0 N–H and O–H groups in total. The zero-order valence-corrected chi connectivity index (χ0v) is 14.9. The lowest BCUT2D eigenvalue weighted by atomic mass is 10.2. The molecular formula is C18H24NO2P. The van der Waals surface area contributed by atoms with Crippen LogP contribution >= 0.6 is 8.58 Å². The van der Waals surface area contributed by atoms with Crippen molar-refractivity contribution in [1.29, 1.82) is 0 Å². The van der Waals surface area contributed by atoms with Gasteiger partial charge in [-0.15, -0.1) is 0 Å². The fraction of sp³-hybridized carbons (Fsp3) is 0.333. The van der Waals surface area contributed by atoms with E-state index in [9.17, 15) is 0 Å². The third kappa shape index (κ3) is 4.22. The van der Waals surface area contributed by atoms with Crippen LogP contribution in [0.2, 0.25) is 0 Å². The van der Waals surface area contributed by atoms with Gasteiger partial charge in [0.2, 0.25) is 0 Å². The lowest BCUT2D eigenvalue weighted by Crippen LogP contribution is -2.19. The molecule has 0 fully saturated rings. The second-order valence-electron chi connectivity index (χ2n) is 5.59. The molecule has 4 heteroatoms. The van der Waals surface area contributed by atoms with Crippen LogP contribution in [0.1, 0.15) is 11.1 Å². The van der Waals surface area contributed by atoms with Gasteiger partial charge in [0.05, 0.1) is 0 Å². The standard InChI is InChI=1S/C18H24NO2P/c1-13-7-9-17(15(10-13)19(3)4)22-18-11-14(2)6-8-16(18)21-12-20-5/h6-11,22H,12H2,1-5H3. The first-order chi connectivity index (χ1) is 10.5. The summed E-state index contributed by atoms with van der Waals surface area (Å²) in [4.78, 5) is 2.17. The van der Waals surface area contributed by atoms with E-state index in [1.165, 1.54) is 27.4 Å². The fourth-order valence-corrected chi connectivity index (χ4v) is 3.71. The summed E-state index contributed by atoms with van der Waals surface area (Å²) in [5.41, 5.74) is 3.78. The highest BCUT2D eigenvalue weighted by Gasteiger charge is 2.10. The highest BCUT2D eigenvalue weighted by Crippen LogP contribution is 2.25. The Kier molecular flexibility index (Phi) is 5.82. The fourth-order valence-electron chi connectivity index (χ4n) is 2.25. The number of nitrogens with zero attached hydrogens (tertiary/aromatic N) is 1. The molecule has 0 radical (unpaired) electrons. The topological polar surface area (TPSA) is 21.7 Å². The Morgan fingerprint density at radius 1 is 0.955 bits per heavy atom. The van der Waals surface area contributed by atoms with Gasteiger partial charge in [-0.3, -0.25) is 0 Å². The Hall–Kier alpha value is -1.57. The molecule has 0 aliphatic heterocycles. The van der Waals surface area contributed by atoms with Crippen molar-refractivity contribution >= 4 is 24.9 Å². The van der Waals surface area contributed by atoms with Gasteiger partial charge in [-0.1, -0.05) is 32.3 Å². The lowest BCUT2D eigenvalue weighted by molar-refractivity contribution is 0.0519. The number of hydrogen-bond acceptors (Lipinski definition) is 3. The Morgan fingerprint density at radius 2 is 1.64 bits per heavy atom. The van der Waals surface area contributed by atoms with Gasteiger partial charge in [-0.25, -0.2) is 0 Å². The van der Waals surface area contributed by atoms with Crippen molar-refractivity contribution in [3.05, 3.63) is 47.5 Å². The highest BCUT2D eigenvalue weighted by atomic mass is 31.1. The molecule has 0 saturated heterocycles. The maximum Gasteiger partial charge on any atom is 0.188 e. The van der Waals surface area contributed by atoms with Crippen LogP contribution in [0.5, 0.6) is 5.75 Å². The third-order valence-electron chi connectivity index (χ3n) is 3.37. The molecule has 0 heterocycles. The van der Waals surface area contributed by atoms with Crippen LogP contribution < -0.4 is 20.2 Å². The van der Waals surface area contributed by atoms with Crippen LogP contribution in [0.25, 0.3) is 0 Å². The second-order valence-corrected chi connectivity index (χ2v) is 6.92. The highest BCUT2D eigenvalue weighted by molar-refractivity contribution is 7.56. The normalized spacial score (nSPS) is 11.1. The molecule has 2 aromatic carbocycles. The smallest absolute Gasteiger partial charge is 0.188 e. The number of anilines is 1. The number of ether oxygens (including phenoxy) is 2. The molecule has 2 rings (SSSR count). The SMILES string of the molecule is COCOc1ccc(C)cc1Pc1ccc(C)cc1N(C)C. The van der Waals surface area contributed by atoms with Crippen molar-refractivity contribution in [2.75, 3.05) is 32.9 Å². The van der Waals surface area contributed by atoms with Crippen molar-refractivity contribution in [3.63, 3.8) is 0 Å². The Morgan fingerprint density at radius 3 is 2.32 bits per heavy atom. The average molecular weight is 317 g/mol. The molecule has 0 amide bonds. The molecule has 3 nitrogen and oxygen atoms in total. The number of benzene rings is 2. The summed E-state index contributed by atoms with van der Waals surface area (Å²) >= 11 is 0. The number of aryl methyl sites for hydroxylation is 2. The van der Waals surface area contributed by atoms with Crippen LogP contribution in [0.15, 0.2) is 36.4 Å². The van der Waals surface area contributed by atoms with Crippen molar-refractivity contribution in [2.24, 2.45) is 0 Å². The molecular weight excluding hydrogens is 293 g/mol. The van der Waals surface area contributed by atoms with Crippen molar-refractivity contribution < 1.29 is 9.47 Å². The summed E-state index contributed by atoms with van der Waals surface area (Å²) in [5.74, 6) is 0.899. The summed E-state index contributed by atoms with van der Waals surface area (Å²) in [6.07, 6.45) is 0. The van der Waals surface area contributed by atoms with Gasteiger partial charge >= 0.3 is 0 Å². The van der Waals surface area contributed by atoms with Crippen molar-refractivity contribution in [2.45, 2.75) is 13.8 Å². The molecule has 0 aromatic heterocycles. The second kappa shape index (κ2) is 7.62. The van der Waals surface area contributed by atoms with Gasteiger partial charge in [0.25, 0.3) is 0 Å². The van der Waals surface area contributed by atoms with Crippen molar-refractivity contribution in [3.8, 4) is 5.75 Å². The molecule has 1 atom stereocenters. The molecule has 0 saturated carbocycles. The van der Waals surface area contributed by atoms with Crippen LogP contribution in [-0.4, -0.2) is 28.0 Å². The van der Waals surface area contributed by atoms with Gasteiger partial charge in [0.15, 0.2) is 6.79 Å². The number of hydrogen-bond donors (Lipinski definition) is 0. The molecule has 1 unspecified atom stereocenters. The van der Waals surface area contributed by atoms with E-state index in [1.54, 1.807) is 7.11 Å². The summed E-state index contributed by atoms with van der Waals surface area (Å²) in [6, 6.07) is 12.9. The van der Waals surface area contributed by atoms with Crippen LogP contribution in [0.4, 0.5) is 5.69 Å². The molecule has 0 bridgehead atoms. The van der Waals surface area contributed by atoms with Gasteiger partial charge in [0.1, 0.15) is 5.75 Å². The Bertz CT molecular complexity index is 641. The molecule has 0 aliphatic carbocycles. The first-order valence-electron chi connectivity index (χ1n) is 7.28. The monoisotopic (exact) mass is 317 g/mol. The van der Waals surface area contributed by atoms with Gasteiger partial charge in [0, 0.05) is 37.5 Å². The van der Waals surface area contributed by atoms with Crippen LogP contribution in [0.3, 0.4) is 0 Å². The van der Waals surface area contributed by atoms with Gasteiger partial charge in [-0.05, 0) is 37.6 Å². The zero-order valence-electron chi connectivity index (χ0n) is 13.9. The Labute approximate surface area is 135 Å². The molecule has 2 aromatic rings. The van der Waals surface area contributed by atoms with E-state index in [2.05, 4.69) is 63.2 Å². The van der Waals surface area contributed by atoms with Gasteiger partial charge < -0.3 is 14.4 Å². The van der Waals surface area contributed by atoms with E-state index in [1.807, 2.05) is 6.07 Å². The van der Waals surface area contributed by atoms with E-state index >= 15 is 0 Å². The molecule has 0 spiro atoms. The Balaban J connectivity index is 2.36. The third-order valence-corrected chi connectivity index (χ3v) is 4.72. The molecule has 118 valence electrons. The summed E-state index contributed by atoms with van der Waals surface area (Å²) < 4.78 is 10.7. The quantitative estimate of drug-likeness (QED) is 0.604. The largest absolute Gasteiger partial charge is 0.467 e. The minimum absolute atomic E-state index is 0.273. The first kappa shape index (κ1) is 16.8. The van der Waals surface area contributed by atoms with E-state index in [-0.39, 0.29) is 6.79 Å². The predicted molar refractivity (Wildman–Crippen MR) is 96.8 cm³/mol. The molecule has 0 aliphatic rings. The minimum Gasteiger partial charge on any atom is -0.467 e. The average Bonchev–Trinajstić information content (AvgIpc) is 2.48. The molecule has 22 heavy (non-hydrogen) atoms.